The maximum absolute atomic E-state index is 2.27. The fourth-order valence-corrected chi connectivity index (χ4v) is 2.70. The molecule has 1 aliphatic rings. The summed E-state index contributed by atoms with van der Waals surface area (Å²) < 4.78 is 0. The molecule has 0 aliphatic carbocycles. The van der Waals surface area contributed by atoms with E-state index in [1.807, 2.05) is 0 Å². The van der Waals surface area contributed by atoms with Crippen molar-refractivity contribution in [1.29, 1.82) is 0 Å². The lowest BCUT2D eigenvalue weighted by atomic mass is 10.4. The minimum Gasteiger partial charge on any atom is -0.0909 e. The highest BCUT2D eigenvalue weighted by Crippen LogP contribution is 2.69. The smallest absolute Gasteiger partial charge is 0.00125 e. The van der Waals surface area contributed by atoms with Gasteiger partial charge >= 0.3 is 0 Å². The average Bonchev–Trinajstić information content (AvgIpc) is 2.21. The van der Waals surface area contributed by atoms with Crippen molar-refractivity contribution in [2.24, 2.45) is 0 Å². The summed E-state index contributed by atoms with van der Waals surface area (Å²) in [5.74, 6) is 0. The number of rotatable bonds is 2. The largest absolute Gasteiger partial charge is 0.0909 e. The zero-order chi connectivity index (χ0) is 4.41. The van der Waals surface area contributed by atoms with Crippen molar-refractivity contribution in [2.45, 2.75) is 25.2 Å². The van der Waals surface area contributed by atoms with Gasteiger partial charge in [-0.2, -0.15) is 0 Å². The van der Waals surface area contributed by atoms with E-state index in [-0.39, 0.29) is 0 Å². The van der Waals surface area contributed by atoms with Gasteiger partial charge in [0.2, 0.25) is 0 Å². The first-order valence-electron chi connectivity index (χ1n) is 2.44. The van der Waals surface area contributed by atoms with Crippen LogP contribution in [0, 0.1) is 0 Å². The highest BCUT2D eigenvalue weighted by molar-refractivity contribution is 8.29. The van der Waals surface area contributed by atoms with Crippen LogP contribution in [0.5, 0.6) is 0 Å². The Kier molecular flexibility index (Phi) is 1.87. The van der Waals surface area contributed by atoms with Gasteiger partial charge in [0.05, 0.1) is 0 Å². The maximum Gasteiger partial charge on any atom is 0.00125 e. The minimum atomic E-state index is 1.20. The number of hydrogen-bond donors (Lipinski definition) is 0. The lowest BCUT2D eigenvalue weighted by molar-refractivity contribution is 0.878. The molecule has 0 bridgehead atoms. The fourth-order valence-electron chi connectivity index (χ4n) is 0.492. The summed E-state index contributed by atoms with van der Waals surface area (Å²) in [7, 11) is 2.72. The summed E-state index contributed by atoms with van der Waals surface area (Å²) >= 11 is 0. The van der Waals surface area contributed by atoms with Gasteiger partial charge in [0.15, 0.2) is 0 Å². The van der Waals surface area contributed by atoms with Crippen molar-refractivity contribution in [2.75, 3.05) is 0 Å². The number of hydrogen-bond acceptors (Lipinski definition) is 0. The predicted octanol–water partition coefficient (Wildman–Crippen LogP) is 2.40. The molecular formula is C4H10P2. The molecule has 1 saturated heterocycles. The molecule has 1 rings (SSSR count). The molecule has 0 saturated carbocycles. The van der Waals surface area contributed by atoms with E-state index in [0.29, 0.717) is 0 Å². The Balaban J connectivity index is 1.88. The van der Waals surface area contributed by atoms with Crippen LogP contribution in [0.15, 0.2) is 0 Å². The van der Waals surface area contributed by atoms with Crippen molar-refractivity contribution in [3.8, 4) is 0 Å². The summed E-state index contributed by atoms with van der Waals surface area (Å²) in [6, 6.07) is 0. The van der Waals surface area contributed by atoms with E-state index in [4.69, 9.17) is 0 Å². The molecule has 2 heteroatoms. The fraction of sp³-hybridized carbons (Fsp3) is 1.00. The van der Waals surface area contributed by atoms with Crippen molar-refractivity contribution in [3.63, 3.8) is 0 Å². The molecule has 6 heavy (non-hydrogen) atoms. The quantitative estimate of drug-likeness (QED) is 0.491. The summed E-state index contributed by atoms with van der Waals surface area (Å²) in [5.41, 5.74) is 0. The van der Waals surface area contributed by atoms with E-state index in [9.17, 15) is 0 Å². The highest BCUT2D eigenvalue weighted by Gasteiger charge is 2.18. The summed E-state index contributed by atoms with van der Waals surface area (Å²) in [4.78, 5) is 0. The van der Waals surface area contributed by atoms with E-state index in [2.05, 4.69) is 6.92 Å². The van der Waals surface area contributed by atoms with E-state index in [1.165, 1.54) is 34.8 Å². The molecule has 2 atom stereocenters. The molecule has 0 aromatic carbocycles. The summed E-state index contributed by atoms with van der Waals surface area (Å²) in [6.45, 7) is 2.27. The molecule has 0 nitrogen and oxygen atoms in total. The molecule has 0 aromatic heterocycles. The van der Waals surface area contributed by atoms with E-state index in [1.54, 1.807) is 0 Å². The normalized spacial score (nSPS) is 38.5. The average molecular weight is 120 g/mol. The van der Waals surface area contributed by atoms with Crippen LogP contribution in [-0.2, 0) is 0 Å². The third-order valence-corrected chi connectivity index (χ3v) is 4.29. The van der Waals surface area contributed by atoms with Gasteiger partial charge in [0.25, 0.3) is 0 Å². The molecule has 36 valence electrons. The second-order valence-electron chi connectivity index (χ2n) is 1.63. The maximum atomic E-state index is 2.27. The van der Waals surface area contributed by atoms with E-state index in [0.717, 1.165) is 0 Å². The Morgan fingerprint density at radius 2 is 2.17 bits per heavy atom. The Labute approximate surface area is 42.6 Å². The van der Waals surface area contributed by atoms with Gasteiger partial charge in [0.1, 0.15) is 0 Å². The van der Waals surface area contributed by atoms with Crippen LogP contribution in [0.2, 0.25) is 0 Å². The zero-order valence-corrected chi connectivity index (χ0v) is 5.99. The van der Waals surface area contributed by atoms with Gasteiger partial charge in [-0.1, -0.05) is 29.9 Å². The molecule has 0 aromatic rings. The van der Waals surface area contributed by atoms with Gasteiger partial charge in [-0.25, -0.2) is 0 Å². The highest BCUT2D eigenvalue weighted by atomic mass is 32.1. The van der Waals surface area contributed by atoms with Crippen LogP contribution < -0.4 is 0 Å². The van der Waals surface area contributed by atoms with Crippen LogP contribution in [0.3, 0.4) is 0 Å². The Bertz CT molecular complexity index is 40.8. The van der Waals surface area contributed by atoms with Crippen LogP contribution in [0.25, 0.3) is 0 Å². The van der Waals surface area contributed by atoms with Gasteiger partial charge in [-0.05, 0) is 6.42 Å². The standard InChI is InChI=1S/C4H10P2/c1-2-3-4-5-6-4/h4-6H,2-3H2,1H3. The topological polar surface area (TPSA) is 0 Å². The minimum absolute atomic E-state index is 1.20. The first-order chi connectivity index (χ1) is 2.93. The Morgan fingerprint density at radius 1 is 1.50 bits per heavy atom. The van der Waals surface area contributed by atoms with E-state index < -0.39 is 0 Å². The SMILES string of the molecule is CCCC1PP1. The second-order valence-corrected chi connectivity index (χ2v) is 5.91. The van der Waals surface area contributed by atoms with Crippen molar-refractivity contribution in [3.05, 3.63) is 0 Å². The zero-order valence-electron chi connectivity index (χ0n) is 3.99. The van der Waals surface area contributed by atoms with Crippen LogP contribution in [0.4, 0.5) is 0 Å². The molecular weight excluding hydrogens is 110 g/mol. The molecule has 1 aliphatic heterocycles. The Hall–Kier alpha value is 0.860. The second kappa shape index (κ2) is 2.24. The van der Waals surface area contributed by atoms with Gasteiger partial charge in [-0.3, -0.25) is 0 Å². The summed E-state index contributed by atoms with van der Waals surface area (Å²) in [5, 5.41) is 1.20. The van der Waals surface area contributed by atoms with Crippen LogP contribution >= 0.6 is 16.5 Å². The lowest BCUT2D eigenvalue weighted by Gasteiger charge is -1.81. The summed E-state index contributed by atoms with van der Waals surface area (Å²) in [6.07, 6.45) is 2.92. The van der Waals surface area contributed by atoms with Crippen molar-refractivity contribution in [1.82, 2.24) is 0 Å². The molecule has 0 N–H and O–H groups in total. The third-order valence-electron chi connectivity index (χ3n) is 0.926. The first-order valence-corrected chi connectivity index (χ1v) is 5.60. The Morgan fingerprint density at radius 3 is 2.33 bits per heavy atom. The van der Waals surface area contributed by atoms with Crippen LogP contribution in [-0.4, -0.2) is 5.40 Å². The molecule has 0 spiro atoms. The third kappa shape index (κ3) is 1.54. The van der Waals surface area contributed by atoms with Crippen LogP contribution in [0.1, 0.15) is 19.8 Å². The molecule has 1 heterocycles. The monoisotopic (exact) mass is 120 g/mol. The van der Waals surface area contributed by atoms with Gasteiger partial charge in [-0.15, -0.1) is 0 Å². The van der Waals surface area contributed by atoms with Crippen molar-refractivity contribution >= 4 is 16.5 Å². The molecule has 0 amide bonds. The lowest BCUT2D eigenvalue weighted by Crippen LogP contribution is -1.70. The van der Waals surface area contributed by atoms with Gasteiger partial charge < -0.3 is 0 Å². The molecule has 2 unspecified atom stereocenters. The first kappa shape index (κ1) is 5.01. The molecule has 1 fully saturated rings. The van der Waals surface area contributed by atoms with Gasteiger partial charge in [0, 0.05) is 5.40 Å². The molecule has 0 radical (unpaired) electrons. The predicted molar refractivity (Wildman–Crippen MR) is 35.3 cm³/mol. The van der Waals surface area contributed by atoms with Crippen molar-refractivity contribution < 1.29 is 0 Å². The van der Waals surface area contributed by atoms with E-state index >= 15 is 0 Å².